The average molecular weight is 510 g/mol. The maximum Gasteiger partial charge on any atom is 0.265 e. The molecule has 0 saturated heterocycles. The van der Waals surface area contributed by atoms with Crippen molar-refractivity contribution in [2.75, 3.05) is 10.0 Å². The standard InChI is InChI=1S/C21H18BrClN2O4S/c1-14(29-19-4-2-3-16(23)13-19)21(26)24-17-9-11-20(12-10-17)30(27,28)25-18-7-5-15(22)6-8-18/h2-14,25H,1H3,(H,24,26)/t14-/m0/s1. The number of benzene rings is 3. The van der Waals surface area contributed by atoms with Gasteiger partial charge in [0.2, 0.25) is 0 Å². The van der Waals surface area contributed by atoms with Gasteiger partial charge in [-0.1, -0.05) is 33.6 Å². The van der Waals surface area contributed by atoms with Crippen LogP contribution in [0.1, 0.15) is 6.92 Å². The fourth-order valence-electron chi connectivity index (χ4n) is 2.49. The van der Waals surface area contributed by atoms with Crippen LogP contribution in [0.15, 0.2) is 82.2 Å². The fraction of sp³-hybridized carbons (Fsp3) is 0.0952. The highest BCUT2D eigenvalue weighted by molar-refractivity contribution is 9.10. The Morgan fingerprint density at radius 1 is 1.00 bits per heavy atom. The van der Waals surface area contributed by atoms with E-state index in [1.807, 2.05) is 0 Å². The fourth-order valence-corrected chi connectivity index (χ4v) is 3.99. The molecule has 0 heterocycles. The van der Waals surface area contributed by atoms with Crippen molar-refractivity contribution in [3.63, 3.8) is 0 Å². The summed E-state index contributed by atoms with van der Waals surface area (Å²) in [7, 11) is -3.75. The van der Waals surface area contributed by atoms with Crippen LogP contribution in [0.25, 0.3) is 0 Å². The molecule has 3 aromatic rings. The van der Waals surface area contributed by atoms with Crippen molar-refractivity contribution in [1.82, 2.24) is 0 Å². The van der Waals surface area contributed by atoms with Crippen molar-refractivity contribution in [2.45, 2.75) is 17.9 Å². The van der Waals surface area contributed by atoms with Crippen LogP contribution in [-0.4, -0.2) is 20.4 Å². The Morgan fingerprint density at radius 3 is 2.27 bits per heavy atom. The Kier molecular flexibility index (Phi) is 7.02. The predicted octanol–water partition coefficient (Wildman–Crippen LogP) is 5.31. The molecule has 6 nitrogen and oxygen atoms in total. The van der Waals surface area contributed by atoms with Gasteiger partial charge in [0.05, 0.1) is 4.90 Å². The van der Waals surface area contributed by atoms with Gasteiger partial charge in [0.15, 0.2) is 6.10 Å². The number of nitrogens with one attached hydrogen (secondary N) is 2. The van der Waals surface area contributed by atoms with Crippen LogP contribution in [0.3, 0.4) is 0 Å². The second kappa shape index (κ2) is 9.51. The van der Waals surface area contributed by atoms with Gasteiger partial charge in [0, 0.05) is 20.9 Å². The van der Waals surface area contributed by atoms with Gasteiger partial charge in [-0.2, -0.15) is 0 Å². The van der Waals surface area contributed by atoms with Gasteiger partial charge in [-0.05, 0) is 73.7 Å². The van der Waals surface area contributed by atoms with Crippen molar-refractivity contribution < 1.29 is 17.9 Å². The smallest absolute Gasteiger partial charge is 0.265 e. The molecule has 3 rings (SSSR count). The summed E-state index contributed by atoms with van der Waals surface area (Å²) < 4.78 is 34.0. The molecule has 0 aliphatic heterocycles. The van der Waals surface area contributed by atoms with Crippen molar-refractivity contribution in [3.05, 3.63) is 82.3 Å². The van der Waals surface area contributed by atoms with Gasteiger partial charge in [-0.3, -0.25) is 9.52 Å². The number of rotatable bonds is 7. The van der Waals surface area contributed by atoms with Crippen molar-refractivity contribution in [2.24, 2.45) is 0 Å². The van der Waals surface area contributed by atoms with E-state index < -0.39 is 16.1 Å². The largest absolute Gasteiger partial charge is 0.481 e. The van der Waals surface area contributed by atoms with Gasteiger partial charge in [0.1, 0.15) is 5.75 Å². The van der Waals surface area contributed by atoms with E-state index in [1.165, 1.54) is 24.3 Å². The van der Waals surface area contributed by atoms with Crippen molar-refractivity contribution in [1.29, 1.82) is 0 Å². The van der Waals surface area contributed by atoms with E-state index in [1.54, 1.807) is 55.5 Å². The van der Waals surface area contributed by atoms with Crippen molar-refractivity contribution in [3.8, 4) is 5.75 Å². The number of hydrogen-bond donors (Lipinski definition) is 2. The maximum absolute atomic E-state index is 12.5. The zero-order valence-electron chi connectivity index (χ0n) is 15.8. The highest BCUT2D eigenvalue weighted by Gasteiger charge is 2.17. The summed E-state index contributed by atoms with van der Waals surface area (Å²) in [6.45, 7) is 1.61. The molecular formula is C21H18BrClN2O4S. The molecule has 0 saturated carbocycles. The van der Waals surface area contributed by atoms with Crippen LogP contribution in [-0.2, 0) is 14.8 Å². The lowest BCUT2D eigenvalue weighted by Crippen LogP contribution is -2.30. The van der Waals surface area contributed by atoms with Crippen LogP contribution in [0, 0.1) is 0 Å². The lowest BCUT2D eigenvalue weighted by Gasteiger charge is -2.15. The van der Waals surface area contributed by atoms with E-state index in [9.17, 15) is 13.2 Å². The summed E-state index contributed by atoms with van der Waals surface area (Å²) in [5.74, 6) is 0.101. The molecule has 0 bridgehead atoms. The normalized spacial score (nSPS) is 12.1. The highest BCUT2D eigenvalue weighted by Crippen LogP contribution is 2.21. The Bertz CT molecular complexity index is 1140. The van der Waals surface area contributed by atoms with Crippen LogP contribution in [0.2, 0.25) is 5.02 Å². The zero-order chi connectivity index (χ0) is 21.7. The molecule has 0 aromatic heterocycles. The van der Waals surface area contributed by atoms with Gasteiger partial charge in [-0.15, -0.1) is 0 Å². The number of ether oxygens (including phenoxy) is 1. The SMILES string of the molecule is C[C@H](Oc1cccc(Cl)c1)C(=O)Nc1ccc(S(=O)(=O)Nc2ccc(Br)cc2)cc1. The minimum atomic E-state index is -3.75. The molecular weight excluding hydrogens is 492 g/mol. The predicted molar refractivity (Wildman–Crippen MR) is 122 cm³/mol. The molecule has 156 valence electrons. The van der Waals surface area contributed by atoms with Crippen LogP contribution >= 0.6 is 27.5 Å². The van der Waals surface area contributed by atoms with E-state index in [2.05, 4.69) is 26.0 Å². The Balaban J connectivity index is 1.63. The number of carbonyl (C=O) groups excluding carboxylic acids is 1. The topological polar surface area (TPSA) is 84.5 Å². The quantitative estimate of drug-likeness (QED) is 0.452. The molecule has 0 radical (unpaired) electrons. The molecule has 9 heteroatoms. The minimum Gasteiger partial charge on any atom is -0.481 e. The van der Waals surface area contributed by atoms with Gasteiger partial charge >= 0.3 is 0 Å². The van der Waals surface area contributed by atoms with Crippen LogP contribution in [0.5, 0.6) is 5.75 Å². The molecule has 1 atom stereocenters. The molecule has 2 N–H and O–H groups in total. The molecule has 0 fully saturated rings. The molecule has 3 aromatic carbocycles. The monoisotopic (exact) mass is 508 g/mol. The second-order valence-electron chi connectivity index (χ2n) is 6.34. The maximum atomic E-state index is 12.5. The summed E-state index contributed by atoms with van der Waals surface area (Å²) >= 11 is 9.21. The number of sulfonamides is 1. The third kappa shape index (κ3) is 5.98. The minimum absolute atomic E-state index is 0.0756. The third-order valence-electron chi connectivity index (χ3n) is 4.01. The van der Waals surface area contributed by atoms with E-state index in [0.717, 1.165) is 4.47 Å². The average Bonchev–Trinajstić information content (AvgIpc) is 2.70. The summed E-state index contributed by atoms with van der Waals surface area (Å²) in [5, 5.41) is 3.20. The number of carbonyl (C=O) groups is 1. The van der Waals surface area contributed by atoms with Crippen LogP contribution < -0.4 is 14.8 Å². The number of halogens is 2. The summed E-state index contributed by atoms with van der Waals surface area (Å²) in [6, 6.07) is 19.4. The van der Waals surface area contributed by atoms with E-state index in [-0.39, 0.29) is 10.8 Å². The Hall–Kier alpha value is -2.55. The molecule has 1 amide bonds. The summed E-state index contributed by atoms with van der Waals surface area (Å²) in [4.78, 5) is 12.4. The van der Waals surface area contributed by atoms with E-state index in [0.29, 0.717) is 22.1 Å². The molecule has 0 aliphatic rings. The molecule has 0 unspecified atom stereocenters. The first-order chi connectivity index (χ1) is 14.2. The van der Waals surface area contributed by atoms with Gasteiger partial charge < -0.3 is 10.1 Å². The number of anilines is 2. The first-order valence-corrected chi connectivity index (χ1v) is 11.5. The molecule has 0 aliphatic carbocycles. The first kappa shape index (κ1) is 22.1. The van der Waals surface area contributed by atoms with Crippen molar-refractivity contribution >= 4 is 54.8 Å². The summed E-state index contributed by atoms with van der Waals surface area (Å²) in [6.07, 6.45) is -0.772. The first-order valence-electron chi connectivity index (χ1n) is 8.84. The highest BCUT2D eigenvalue weighted by atomic mass is 79.9. The lowest BCUT2D eigenvalue weighted by atomic mass is 10.3. The second-order valence-corrected chi connectivity index (χ2v) is 9.38. The molecule has 30 heavy (non-hydrogen) atoms. The van der Waals surface area contributed by atoms with Crippen LogP contribution in [0.4, 0.5) is 11.4 Å². The number of amides is 1. The number of hydrogen-bond acceptors (Lipinski definition) is 4. The third-order valence-corrected chi connectivity index (χ3v) is 6.17. The zero-order valence-corrected chi connectivity index (χ0v) is 19.0. The summed E-state index contributed by atoms with van der Waals surface area (Å²) in [5.41, 5.74) is 0.895. The lowest BCUT2D eigenvalue weighted by molar-refractivity contribution is -0.122. The Labute approximate surface area is 188 Å². The van der Waals surface area contributed by atoms with E-state index in [4.69, 9.17) is 16.3 Å². The molecule has 0 spiro atoms. The Morgan fingerprint density at radius 2 is 1.63 bits per heavy atom. The van der Waals surface area contributed by atoms with Gasteiger partial charge in [-0.25, -0.2) is 8.42 Å². The van der Waals surface area contributed by atoms with Gasteiger partial charge in [0.25, 0.3) is 15.9 Å². The van der Waals surface area contributed by atoms with E-state index >= 15 is 0 Å².